The number of nitrogens with zero attached hydrogens (tertiary/aromatic N) is 6. The van der Waals surface area contributed by atoms with Crippen LogP contribution >= 0.6 is 12.6 Å². The number of benzene rings is 2. The summed E-state index contributed by atoms with van der Waals surface area (Å²) in [6.45, 7) is 39.4. The molecule has 0 aliphatic carbocycles. The van der Waals surface area contributed by atoms with Gasteiger partial charge in [-0.15, -0.1) is 0 Å². The lowest BCUT2D eigenvalue weighted by Gasteiger charge is -2.29. The summed E-state index contributed by atoms with van der Waals surface area (Å²) in [7, 11) is 0. The Hall–Kier alpha value is -6.67. The number of allylic oxidation sites excluding steroid dienone is 6. The number of imidazole rings is 2. The van der Waals surface area contributed by atoms with Crippen molar-refractivity contribution in [2.45, 2.75) is 143 Å². The molecule has 1 fully saturated rings. The molecule has 2 aromatic carbocycles. The monoisotopic (exact) mass is 979 g/mol. The molecule has 2 aliphatic heterocycles. The number of carbonyl (C=O) groups is 3. The molecule has 2 aliphatic rings. The number of amides is 2. The van der Waals surface area contributed by atoms with Crippen LogP contribution in [0.25, 0.3) is 27.6 Å². The van der Waals surface area contributed by atoms with Gasteiger partial charge in [-0.05, 0) is 114 Å². The third-order valence-corrected chi connectivity index (χ3v) is 13.9. The van der Waals surface area contributed by atoms with Crippen LogP contribution in [0.5, 0.6) is 0 Å². The van der Waals surface area contributed by atoms with Crippen LogP contribution in [-0.2, 0) is 35.5 Å². The van der Waals surface area contributed by atoms with Gasteiger partial charge in [0.2, 0.25) is 17.8 Å². The maximum absolute atomic E-state index is 12.6. The van der Waals surface area contributed by atoms with E-state index in [2.05, 4.69) is 129 Å². The fourth-order valence-corrected chi connectivity index (χ4v) is 9.90. The number of rotatable bonds is 28. The minimum Gasteiger partial charge on any atom is -0.381 e. The topological polar surface area (TPSA) is 165 Å². The van der Waals surface area contributed by atoms with Crippen molar-refractivity contribution in [3.63, 3.8) is 0 Å². The van der Waals surface area contributed by atoms with Gasteiger partial charge in [-0.3, -0.25) is 14.6 Å². The largest absolute Gasteiger partial charge is 0.381 e. The van der Waals surface area contributed by atoms with Crippen molar-refractivity contribution in [1.82, 2.24) is 34.6 Å². The zero-order valence-corrected chi connectivity index (χ0v) is 43.7. The lowest BCUT2D eigenvalue weighted by atomic mass is 9.98. The highest BCUT2D eigenvalue weighted by Gasteiger charge is 2.32. The maximum atomic E-state index is 12.6. The number of primary amides is 1. The molecule has 376 valence electrons. The van der Waals surface area contributed by atoms with Crippen LogP contribution in [0.3, 0.4) is 0 Å². The maximum Gasteiger partial charge on any atom is 0.248 e. The second-order valence-electron chi connectivity index (χ2n) is 19.1. The second kappa shape index (κ2) is 24.0. The first-order valence-electron chi connectivity index (χ1n) is 24.9. The van der Waals surface area contributed by atoms with E-state index in [-0.39, 0.29) is 24.5 Å². The Balaban J connectivity index is 1.11. The van der Waals surface area contributed by atoms with Crippen molar-refractivity contribution in [2.24, 2.45) is 10.7 Å². The van der Waals surface area contributed by atoms with Crippen molar-refractivity contribution >= 4 is 70.0 Å². The van der Waals surface area contributed by atoms with Gasteiger partial charge in [-0.2, -0.15) is 12.6 Å². The molecule has 0 radical (unpaired) electrons. The standard InChI is InChI=1S/C57H74N10O3S/c1-13-43-29-45(34(3)4)31-51-53(43)66(57(64-51)62-40(10)47-27-36(6)59-48(47)14-2)25-19-18-24-65-42(12)63-50-32-46(55(58)69)30-44(54(50)65)22-17-15-16-21-35(5)39(9)61-41(11)49(23-20-26-68)60-37(7)33-67-38(8)28-52(71)56(67)70/h18-19,26,29-32,39,49,52,60-61,71H,3,5,7-8,10-11,13-17,20-25,27-28,33H2,1-2,4,6,9,12H3,(H2,58,69)(H,62,64)/b19-18+. The highest BCUT2D eigenvalue weighted by Crippen LogP contribution is 2.33. The highest BCUT2D eigenvalue weighted by molar-refractivity contribution is 7.81. The van der Waals surface area contributed by atoms with E-state index in [0.717, 1.165) is 142 Å². The minimum absolute atomic E-state index is 0.0701. The molecule has 0 spiro atoms. The van der Waals surface area contributed by atoms with E-state index < -0.39 is 11.2 Å². The van der Waals surface area contributed by atoms with Crippen LogP contribution in [0.4, 0.5) is 5.95 Å². The van der Waals surface area contributed by atoms with Crippen molar-refractivity contribution in [3.8, 4) is 0 Å². The average Bonchev–Trinajstić information content (AvgIpc) is 4.05. The van der Waals surface area contributed by atoms with Gasteiger partial charge in [0.15, 0.2) is 0 Å². The summed E-state index contributed by atoms with van der Waals surface area (Å²) in [5, 5.41) is 10.1. The van der Waals surface area contributed by atoms with E-state index >= 15 is 0 Å². The molecule has 3 atom stereocenters. The average molecular weight is 979 g/mol. The van der Waals surface area contributed by atoms with Gasteiger partial charge in [0.05, 0.1) is 39.9 Å². The molecule has 0 saturated carbocycles. The third-order valence-electron chi connectivity index (χ3n) is 13.5. The smallest absolute Gasteiger partial charge is 0.248 e. The van der Waals surface area contributed by atoms with E-state index in [1.165, 1.54) is 5.56 Å². The van der Waals surface area contributed by atoms with E-state index in [4.69, 9.17) is 20.7 Å². The first kappa shape index (κ1) is 53.7. The van der Waals surface area contributed by atoms with Gasteiger partial charge in [0.1, 0.15) is 12.1 Å². The van der Waals surface area contributed by atoms with Gasteiger partial charge in [0, 0.05) is 83.7 Å². The summed E-state index contributed by atoms with van der Waals surface area (Å²) >= 11 is 4.37. The molecule has 4 aromatic rings. The SMILES string of the molecule is C=C(CN1C(=C)CC(S)C1=O)NC(CCC=O)C(=C)NC(C)C(=C)CCCCCc1cc(C(N)=O)cc2nc(C)n(C/C=C/Cn3c(NC(=C)C4=C(CC)N=C(C)C4)nc4cc(C(=C)C)cc(CC)c43)c12. The van der Waals surface area contributed by atoms with Crippen molar-refractivity contribution < 1.29 is 14.4 Å². The number of thiol groups is 1. The van der Waals surface area contributed by atoms with Gasteiger partial charge in [-0.25, -0.2) is 9.97 Å². The van der Waals surface area contributed by atoms with Crippen molar-refractivity contribution in [3.05, 3.63) is 144 Å². The first-order valence-corrected chi connectivity index (χ1v) is 25.4. The lowest BCUT2D eigenvalue weighted by Crippen LogP contribution is -2.41. The Morgan fingerprint density at radius 2 is 1.61 bits per heavy atom. The Bertz CT molecular complexity index is 2890. The number of anilines is 1. The molecule has 2 amide bonds. The Morgan fingerprint density at radius 1 is 0.930 bits per heavy atom. The fourth-order valence-electron chi connectivity index (χ4n) is 9.55. The van der Waals surface area contributed by atoms with Crippen LogP contribution in [0.1, 0.15) is 125 Å². The van der Waals surface area contributed by atoms with Gasteiger partial charge in [-0.1, -0.05) is 83.0 Å². The van der Waals surface area contributed by atoms with Crippen molar-refractivity contribution in [2.75, 3.05) is 11.9 Å². The fraction of sp³-hybridized carbons (Fsp3) is 0.404. The highest BCUT2D eigenvalue weighted by atomic mass is 32.1. The predicted octanol–water partition coefficient (Wildman–Crippen LogP) is 10.7. The number of likely N-dealkylation sites (tertiary alicyclic amines) is 1. The number of unbranched alkanes of at least 4 members (excludes halogenated alkanes) is 2. The molecule has 71 heavy (non-hydrogen) atoms. The first-order chi connectivity index (χ1) is 33.8. The Labute approximate surface area is 426 Å². The number of fused-ring (bicyclic) bond motifs is 2. The van der Waals surface area contributed by atoms with Crippen LogP contribution < -0.4 is 21.7 Å². The lowest BCUT2D eigenvalue weighted by molar-refractivity contribution is -0.126. The van der Waals surface area contributed by atoms with Crippen LogP contribution in [0, 0.1) is 6.92 Å². The number of aromatic nitrogens is 4. The Kier molecular flexibility index (Phi) is 18.1. The molecule has 4 heterocycles. The summed E-state index contributed by atoms with van der Waals surface area (Å²) < 4.78 is 4.45. The number of nitrogens with one attached hydrogen (secondary N) is 3. The second-order valence-corrected chi connectivity index (χ2v) is 19.7. The quantitative estimate of drug-likeness (QED) is 0.0162. The summed E-state index contributed by atoms with van der Waals surface area (Å²) in [4.78, 5) is 52.9. The Morgan fingerprint density at radius 3 is 2.25 bits per heavy atom. The molecule has 5 N–H and O–H groups in total. The van der Waals surface area contributed by atoms with E-state index in [1.807, 2.05) is 19.9 Å². The number of nitrogens with two attached hydrogens (primary N) is 1. The van der Waals surface area contributed by atoms with Crippen molar-refractivity contribution in [1.29, 1.82) is 0 Å². The van der Waals surface area contributed by atoms with Crippen LogP contribution in [-0.4, -0.2) is 71.7 Å². The van der Waals surface area contributed by atoms with Gasteiger partial charge >= 0.3 is 0 Å². The van der Waals surface area contributed by atoms with E-state index in [1.54, 1.807) is 11.0 Å². The number of aldehydes is 1. The van der Waals surface area contributed by atoms with Crippen LogP contribution in [0.2, 0.25) is 0 Å². The summed E-state index contributed by atoms with van der Waals surface area (Å²) in [6.07, 6.45) is 13.3. The summed E-state index contributed by atoms with van der Waals surface area (Å²) in [5.41, 5.74) is 21.5. The predicted molar refractivity (Wildman–Crippen MR) is 296 cm³/mol. The zero-order chi connectivity index (χ0) is 51.7. The molecular weight excluding hydrogens is 905 g/mol. The summed E-state index contributed by atoms with van der Waals surface area (Å²) in [6, 6.07) is 7.71. The molecule has 1 saturated heterocycles. The molecule has 13 nitrogen and oxygen atoms in total. The number of aryl methyl sites for hydroxylation is 3. The normalized spacial score (nSPS) is 15.7. The molecular formula is C57H74N10O3S. The molecule has 14 heteroatoms. The number of aliphatic imine (C=N–C) groups is 1. The molecule has 2 aromatic heterocycles. The number of hydrogen-bond donors (Lipinski definition) is 5. The van der Waals surface area contributed by atoms with E-state index in [9.17, 15) is 14.4 Å². The third kappa shape index (κ3) is 12.8. The molecule has 0 bridgehead atoms. The minimum atomic E-state index is -0.481. The number of carbonyl (C=O) groups excluding carboxylic acids is 3. The zero-order valence-electron chi connectivity index (χ0n) is 42.8. The van der Waals surface area contributed by atoms with E-state index in [0.29, 0.717) is 49.3 Å². The summed E-state index contributed by atoms with van der Waals surface area (Å²) in [5.74, 6) is 1.00. The molecule has 6 rings (SSSR count). The molecule has 3 unspecified atom stereocenters. The number of hydrogen-bond acceptors (Lipinski definition) is 10. The van der Waals surface area contributed by atoms with Crippen LogP contribution in [0.15, 0.2) is 121 Å². The van der Waals surface area contributed by atoms with Gasteiger partial charge < -0.3 is 40.5 Å². The van der Waals surface area contributed by atoms with Gasteiger partial charge in [0.25, 0.3) is 0 Å².